The number of carboxylic acids is 1. The molecule has 0 spiro atoms. The molecule has 0 saturated carbocycles. The average Bonchev–Trinajstić information content (AvgIpc) is 2.97. The summed E-state index contributed by atoms with van der Waals surface area (Å²) in [5.74, 6) is -2.75. The first-order chi connectivity index (χ1) is 21.1. The fourth-order valence-corrected chi connectivity index (χ4v) is 3.85. The van der Waals surface area contributed by atoms with E-state index in [0.717, 1.165) is 45.4 Å². The third-order valence-corrected chi connectivity index (χ3v) is 6.22. The van der Waals surface area contributed by atoms with E-state index >= 15 is 0 Å². The molecule has 1 amide bonds. The maximum absolute atomic E-state index is 11.8. The first-order valence-corrected chi connectivity index (χ1v) is 16.1. The second-order valence-electron chi connectivity index (χ2n) is 9.31. The van der Waals surface area contributed by atoms with Gasteiger partial charge in [0.05, 0.1) is 19.6 Å². The highest BCUT2D eigenvalue weighted by atomic mass is 31.2. The van der Waals surface area contributed by atoms with Gasteiger partial charge in [-0.1, -0.05) is 92.0 Å². The van der Waals surface area contributed by atoms with Crippen LogP contribution in [0.1, 0.15) is 65.2 Å². The molecule has 0 aliphatic rings. The van der Waals surface area contributed by atoms with Crippen molar-refractivity contribution in [3.8, 4) is 0 Å². The van der Waals surface area contributed by atoms with Crippen molar-refractivity contribution in [2.75, 3.05) is 19.8 Å². The molecule has 0 radical (unpaired) electrons. The molecule has 11 nitrogen and oxygen atoms in total. The predicted molar refractivity (Wildman–Crippen MR) is 171 cm³/mol. The van der Waals surface area contributed by atoms with Crippen LogP contribution in [0.3, 0.4) is 0 Å². The normalized spacial score (nSPS) is 15.4. The van der Waals surface area contributed by atoms with E-state index < -0.39 is 57.6 Å². The standard InChI is InChI=1S/C32H48NO10P/c1-3-4-5-6-7-8-9-10-11-12-13-14-15-16-17-18-19-20-21-22-23-24-31(36)41-25-29(35)26-42-44(39,40)43-27-30(32(37)38)33-28(2)34/h4-5,7-8,10-11,13-14,16-17,19-20,22-23,29-30,35H,3,6,9,12,15,18,21,24-27H2,1-2H3,(H,33,34)(H,37,38)(H,39,40)/b5-4-,8-7-,11-10-,14-13-,17-16-,20-19-,23-22-. The highest BCUT2D eigenvalue weighted by Gasteiger charge is 2.28. The Balaban J connectivity index is 3.95. The van der Waals surface area contributed by atoms with Crippen LogP contribution in [-0.4, -0.2) is 64.9 Å². The van der Waals surface area contributed by atoms with E-state index in [9.17, 15) is 28.9 Å². The van der Waals surface area contributed by atoms with E-state index in [1.165, 1.54) is 0 Å². The maximum Gasteiger partial charge on any atom is 0.472 e. The Bertz CT molecular complexity index is 1070. The van der Waals surface area contributed by atoms with Crippen molar-refractivity contribution in [2.45, 2.75) is 77.4 Å². The number of rotatable bonds is 25. The van der Waals surface area contributed by atoms with E-state index in [-0.39, 0.29) is 6.42 Å². The van der Waals surface area contributed by atoms with Crippen LogP contribution in [0.25, 0.3) is 0 Å². The SMILES string of the molecule is CC/C=C\C/C=C\C/C=C\C/C=C\C/C=C\C/C=C\C/C=C\CC(=O)OCC(O)COP(=O)(O)OCC(NC(C)=O)C(=O)O. The molecule has 3 atom stereocenters. The molecule has 0 aliphatic carbocycles. The Labute approximate surface area is 261 Å². The van der Waals surface area contributed by atoms with Gasteiger partial charge in [-0.15, -0.1) is 0 Å². The Hall–Kier alpha value is -3.34. The molecule has 3 unspecified atom stereocenters. The van der Waals surface area contributed by atoms with Crippen molar-refractivity contribution < 1.29 is 47.8 Å². The lowest BCUT2D eigenvalue weighted by molar-refractivity contribution is -0.146. The molecule has 0 fully saturated rings. The lowest BCUT2D eigenvalue weighted by Crippen LogP contribution is -2.42. The molecule has 0 rings (SSSR count). The van der Waals surface area contributed by atoms with Crippen molar-refractivity contribution >= 4 is 25.7 Å². The number of amides is 1. The number of carbonyl (C=O) groups excluding carboxylic acids is 2. The predicted octanol–water partition coefficient (Wildman–Crippen LogP) is 5.65. The molecule has 0 aromatic carbocycles. The summed E-state index contributed by atoms with van der Waals surface area (Å²) in [6.07, 6.45) is 33.8. The lowest BCUT2D eigenvalue weighted by atomic mass is 10.2. The molecule has 246 valence electrons. The van der Waals surface area contributed by atoms with Gasteiger partial charge in [-0.2, -0.15) is 0 Å². The minimum absolute atomic E-state index is 0.0164. The summed E-state index contributed by atoms with van der Waals surface area (Å²) in [4.78, 5) is 43.4. The summed E-state index contributed by atoms with van der Waals surface area (Å²) in [6.45, 7) is 1.18. The van der Waals surface area contributed by atoms with Crippen LogP contribution in [-0.2, 0) is 32.7 Å². The van der Waals surface area contributed by atoms with Crippen molar-refractivity contribution in [2.24, 2.45) is 0 Å². The number of allylic oxidation sites excluding steroid dienone is 13. The number of nitrogens with one attached hydrogen (secondary N) is 1. The van der Waals surface area contributed by atoms with Gasteiger partial charge in [0.25, 0.3) is 0 Å². The van der Waals surface area contributed by atoms with Gasteiger partial charge in [0.15, 0.2) is 6.04 Å². The zero-order chi connectivity index (χ0) is 32.9. The third-order valence-electron chi connectivity index (χ3n) is 5.27. The van der Waals surface area contributed by atoms with Crippen molar-refractivity contribution in [3.63, 3.8) is 0 Å². The number of hydrogen-bond acceptors (Lipinski definition) is 8. The molecular formula is C32H48NO10P. The topological polar surface area (TPSA) is 169 Å². The van der Waals surface area contributed by atoms with Crippen LogP contribution in [0.5, 0.6) is 0 Å². The summed E-state index contributed by atoms with van der Waals surface area (Å²) in [7, 11) is -4.73. The van der Waals surface area contributed by atoms with Crippen molar-refractivity contribution in [3.05, 3.63) is 85.1 Å². The first-order valence-electron chi connectivity index (χ1n) is 14.6. The van der Waals surface area contributed by atoms with Crippen LogP contribution in [0, 0.1) is 0 Å². The first kappa shape index (κ1) is 40.7. The summed E-state index contributed by atoms with van der Waals surface area (Å²) >= 11 is 0. The van der Waals surface area contributed by atoms with Crippen LogP contribution < -0.4 is 5.32 Å². The number of aliphatic hydroxyl groups excluding tert-OH is 1. The minimum Gasteiger partial charge on any atom is -0.480 e. The third kappa shape index (κ3) is 27.5. The Kier molecular flexibility index (Phi) is 25.2. The number of hydrogen-bond donors (Lipinski definition) is 4. The van der Waals surface area contributed by atoms with Gasteiger partial charge >= 0.3 is 19.8 Å². The molecule has 0 bridgehead atoms. The number of carboxylic acid groups (broad SMARTS) is 1. The highest BCUT2D eigenvalue weighted by molar-refractivity contribution is 7.47. The van der Waals surface area contributed by atoms with Crippen LogP contribution in [0.15, 0.2) is 85.1 Å². The van der Waals surface area contributed by atoms with Crippen LogP contribution in [0.4, 0.5) is 0 Å². The van der Waals surface area contributed by atoms with Gasteiger partial charge < -0.3 is 25.2 Å². The smallest absolute Gasteiger partial charge is 0.472 e. The van der Waals surface area contributed by atoms with Crippen LogP contribution in [0.2, 0.25) is 0 Å². The van der Waals surface area contributed by atoms with E-state index in [2.05, 4.69) is 76.7 Å². The summed E-state index contributed by atoms with van der Waals surface area (Å²) < 4.78 is 25.8. The molecular weight excluding hydrogens is 589 g/mol. The van der Waals surface area contributed by atoms with Gasteiger partial charge in [0, 0.05) is 6.92 Å². The fourth-order valence-electron chi connectivity index (χ4n) is 3.07. The largest absolute Gasteiger partial charge is 0.480 e. The highest BCUT2D eigenvalue weighted by Crippen LogP contribution is 2.43. The Morgan fingerprint density at radius 2 is 1.11 bits per heavy atom. The molecule has 0 heterocycles. The zero-order valence-electron chi connectivity index (χ0n) is 25.7. The summed E-state index contributed by atoms with van der Waals surface area (Å²) in [6, 6.07) is -1.56. The number of aliphatic hydroxyl groups is 1. The number of ether oxygens (including phenoxy) is 1. The van der Waals surface area contributed by atoms with Gasteiger partial charge in [0.2, 0.25) is 5.91 Å². The van der Waals surface area contributed by atoms with Crippen molar-refractivity contribution in [1.82, 2.24) is 5.32 Å². The summed E-state index contributed by atoms with van der Waals surface area (Å²) in [5, 5.41) is 20.8. The number of phosphoric ester groups is 1. The molecule has 44 heavy (non-hydrogen) atoms. The molecule has 0 saturated heterocycles. The van der Waals surface area contributed by atoms with E-state index in [0.29, 0.717) is 6.42 Å². The van der Waals surface area contributed by atoms with Gasteiger partial charge in [0.1, 0.15) is 12.7 Å². The van der Waals surface area contributed by atoms with Gasteiger partial charge in [-0.25, -0.2) is 9.36 Å². The monoisotopic (exact) mass is 637 g/mol. The second-order valence-corrected chi connectivity index (χ2v) is 10.8. The van der Waals surface area contributed by atoms with Crippen molar-refractivity contribution in [1.29, 1.82) is 0 Å². The van der Waals surface area contributed by atoms with E-state index in [1.807, 2.05) is 17.5 Å². The Morgan fingerprint density at radius 1 is 0.705 bits per heavy atom. The molecule has 0 aliphatic heterocycles. The molecule has 0 aromatic heterocycles. The van der Waals surface area contributed by atoms with Gasteiger partial charge in [-0.3, -0.25) is 18.6 Å². The average molecular weight is 638 g/mol. The fraction of sp³-hybridized carbons (Fsp3) is 0.469. The van der Waals surface area contributed by atoms with E-state index in [4.69, 9.17) is 9.84 Å². The maximum atomic E-state index is 11.8. The van der Waals surface area contributed by atoms with E-state index in [1.54, 1.807) is 12.2 Å². The molecule has 12 heteroatoms. The number of esters is 1. The lowest BCUT2D eigenvalue weighted by Gasteiger charge is -2.18. The van der Waals surface area contributed by atoms with Crippen LogP contribution >= 0.6 is 7.82 Å². The number of aliphatic carboxylic acids is 1. The Morgan fingerprint density at radius 3 is 1.52 bits per heavy atom. The minimum atomic E-state index is -4.73. The zero-order valence-corrected chi connectivity index (χ0v) is 26.6. The quantitative estimate of drug-likeness (QED) is 0.0558. The summed E-state index contributed by atoms with van der Waals surface area (Å²) in [5.41, 5.74) is 0. The number of phosphoric acid groups is 1. The molecule has 4 N–H and O–H groups in total. The van der Waals surface area contributed by atoms with Gasteiger partial charge in [-0.05, 0) is 44.9 Å². The second kappa shape index (κ2) is 27.2. The number of carbonyl (C=O) groups is 3. The molecule has 0 aromatic rings.